The standard InChI is InChI=1S/C10H10IN3O/c11-9-5-7(12)1-2-10(9)13-6-8-3-4-15-14-8/h1-5,13H,6,12H2. The lowest BCUT2D eigenvalue weighted by atomic mass is 10.3. The molecule has 0 radical (unpaired) electrons. The van der Waals surface area contributed by atoms with E-state index >= 15 is 0 Å². The second-order valence-electron chi connectivity index (χ2n) is 3.08. The molecule has 0 fully saturated rings. The van der Waals surface area contributed by atoms with Gasteiger partial charge < -0.3 is 15.6 Å². The summed E-state index contributed by atoms with van der Waals surface area (Å²) < 4.78 is 5.83. The molecule has 2 aromatic rings. The van der Waals surface area contributed by atoms with E-state index in [-0.39, 0.29) is 0 Å². The lowest BCUT2D eigenvalue weighted by Gasteiger charge is -2.07. The molecular formula is C10H10IN3O. The fraction of sp³-hybridized carbons (Fsp3) is 0.100. The van der Waals surface area contributed by atoms with Crippen LogP contribution in [0.4, 0.5) is 11.4 Å². The highest BCUT2D eigenvalue weighted by atomic mass is 127. The summed E-state index contributed by atoms with van der Waals surface area (Å²) in [7, 11) is 0. The van der Waals surface area contributed by atoms with Crippen LogP contribution in [-0.4, -0.2) is 5.16 Å². The van der Waals surface area contributed by atoms with Crippen LogP contribution in [0.25, 0.3) is 0 Å². The molecule has 3 N–H and O–H groups in total. The molecule has 5 heteroatoms. The van der Waals surface area contributed by atoms with E-state index in [4.69, 9.17) is 10.3 Å². The smallest absolute Gasteiger partial charge is 0.124 e. The van der Waals surface area contributed by atoms with Crippen LogP contribution >= 0.6 is 22.6 Å². The molecule has 0 saturated carbocycles. The highest BCUT2D eigenvalue weighted by Crippen LogP contribution is 2.21. The van der Waals surface area contributed by atoms with Crippen molar-refractivity contribution in [2.75, 3.05) is 11.1 Å². The maximum Gasteiger partial charge on any atom is 0.124 e. The van der Waals surface area contributed by atoms with E-state index in [0.29, 0.717) is 6.54 Å². The van der Waals surface area contributed by atoms with Crippen molar-refractivity contribution < 1.29 is 4.52 Å². The molecule has 0 bridgehead atoms. The van der Waals surface area contributed by atoms with Gasteiger partial charge in [0.05, 0.1) is 6.54 Å². The molecule has 0 saturated heterocycles. The number of nitrogen functional groups attached to an aromatic ring is 1. The van der Waals surface area contributed by atoms with Crippen LogP contribution < -0.4 is 11.1 Å². The van der Waals surface area contributed by atoms with Crippen molar-refractivity contribution in [1.82, 2.24) is 5.16 Å². The van der Waals surface area contributed by atoms with E-state index in [1.807, 2.05) is 24.3 Å². The second kappa shape index (κ2) is 4.52. The first kappa shape index (κ1) is 10.3. The lowest BCUT2D eigenvalue weighted by molar-refractivity contribution is 0.412. The molecule has 2 rings (SSSR count). The van der Waals surface area contributed by atoms with Gasteiger partial charge in [0.15, 0.2) is 0 Å². The zero-order chi connectivity index (χ0) is 10.7. The van der Waals surface area contributed by atoms with Crippen LogP contribution in [0.1, 0.15) is 5.69 Å². The van der Waals surface area contributed by atoms with Crippen molar-refractivity contribution in [1.29, 1.82) is 0 Å². The van der Waals surface area contributed by atoms with Gasteiger partial charge in [0.1, 0.15) is 12.0 Å². The summed E-state index contributed by atoms with van der Waals surface area (Å²) in [5, 5.41) is 7.07. The van der Waals surface area contributed by atoms with Crippen molar-refractivity contribution in [3.63, 3.8) is 0 Å². The van der Waals surface area contributed by atoms with Crippen LogP contribution in [0.5, 0.6) is 0 Å². The molecule has 0 atom stereocenters. The highest BCUT2D eigenvalue weighted by Gasteiger charge is 2.01. The Morgan fingerprint density at radius 2 is 2.27 bits per heavy atom. The summed E-state index contributed by atoms with van der Waals surface area (Å²) >= 11 is 2.24. The van der Waals surface area contributed by atoms with Crippen LogP contribution in [0, 0.1) is 3.57 Å². The number of hydrogen-bond donors (Lipinski definition) is 2. The van der Waals surface area contributed by atoms with Gasteiger partial charge >= 0.3 is 0 Å². The number of nitrogens with zero attached hydrogens (tertiary/aromatic N) is 1. The minimum absolute atomic E-state index is 0.649. The van der Waals surface area contributed by atoms with Crippen LogP contribution in [0.15, 0.2) is 35.1 Å². The number of anilines is 2. The largest absolute Gasteiger partial charge is 0.399 e. The van der Waals surface area contributed by atoms with Gasteiger partial charge in [-0.1, -0.05) is 5.16 Å². The van der Waals surface area contributed by atoms with Gasteiger partial charge in [0, 0.05) is 21.0 Å². The zero-order valence-electron chi connectivity index (χ0n) is 7.90. The summed E-state index contributed by atoms with van der Waals surface area (Å²) in [5.74, 6) is 0. The average molecular weight is 315 g/mol. The lowest BCUT2D eigenvalue weighted by Crippen LogP contribution is -2.01. The van der Waals surface area contributed by atoms with E-state index in [0.717, 1.165) is 20.6 Å². The molecular weight excluding hydrogens is 305 g/mol. The Balaban J connectivity index is 2.05. The molecule has 0 spiro atoms. The molecule has 0 aliphatic rings. The Hall–Kier alpha value is -1.24. The summed E-state index contributed by atoms with van der Waals surface area (Å²) in [6.07, 6.45) is 1.56. The molecule has 1 heterocycles. The number of nitrogens with one attached hydrogen (secondary N) is 1. The van der Waals surface area contributed by atoms with Crippen molar-refractivity contribution in [3.05, 3.63) is 39.8 Å². The van der Waals surface area contributed by atoms with Gasteiger partial charge in [-0.05, 0) is 40.8 Å². The average Bonchev–Trinajstić information content (AvgIpc) is 2.69. The highest BCUT2D eigenvalue weighted by molar-refractivity contribution is 14.1. The third kappa shape index (κ3) is 2.62. The third-order valence-corrected chi connectivity index (χ3v) is 2.84. The molecule has 0 aliphatic carbocycles. The van der Waals surface area contributed by atoms with E-state index in [1.54, 1.807) is 6.26 Å². The predicted molar refractivity (Wildman–Crippen MR) is 67.4 cm³/mol. The van der Waals surface area contributed by atoms with Gasteiger partial charge in [-0.2, -0.15) is 0 Å². The minimum Gasteiger partial charge on any atom is -0.399 e. The van der Waals surface area contributed by atoms with Gasteiger partial charge in [-0.25, -0.2) is 0 Å². The first-order chi connectivity index (χ1) is 7.25. The zero-order valence-corrected chi connectivity index (χ0v) is 10.1. The Morgan fingerprint density at radius 1 is 1.40 bits per heavy atom. The number of nitrogens with two attached hydrogens (primary N) is 1. The summed E-state index contributed by atoms with van der Waals surface area (Å²) in [5.41, 5.74) is 8.35. The monoisotopic (exact) mass is 315 g/mol. The maximum absolute atomic E-state index is 5.66. The predicted octanol–water partition coefficient (Wildman–Crippen LogP) is 2.47. The SMILES string of the molecule is Nc1ccc(NCc2ccon2)c(I)c1. The molecule has 1 aromatic heterocycles. The Morgan fingerprint density at radius 3 is 2.93 bits per heavy atom. The molecule has 0 unspecified atom stereocenters. The van der Waals surface area contributed by atoms with Gasteiger partial charge in [0.25, 0.3) is 0 Å². The Bertz CT molecular complexity index is 442. The van der Waals surface area contributed by atoms with Crippen molar-refractivity contribution in [3.8, 4) is 0 Å². The van der Waals surface area contributed by atoms with E-state index in [1.165, 1.54) is 0 Å². The topological polar surface area (TPSA) is 64.1 Å². The van der Waals surface area contributed by atoms with Crippen LogP contribution in [0.3, 0.4) is 0 Å². The fourth-order valence-electron chi connectivity index (χ4n) is 1.19. The fourth-order valence-corrected chi connectivity index (χ4v) is 1.92. The number of aromatic nitrogens is 1. The first-order valence-corrected chi connectivity index (χ1v) is 5.52. The quantitative estimate of drug-likeness (QED) is 0.675. The van der Waals surface area contributed by atoms with Gasteiger partial charge in [-0.15, -0.1) is 0 Å². The number of halogens is 1. The Kier molecular flexibility index (Phi) is 3.10. The third-order valence-electron chi connectivity index (χ3n) is 1.94. The van der Waals surface area contributed by atoms with Crippen LogP contribution in [-0.2, 0) is 6.54 Å². The summed E-state index contributed by atoms with van der Waals surface area (Å²) in [6, 6.07) is 7.58. The van der Waals surface area contributed by atoms with E-state index in [2.05, 4.69) is 33.1 Å². The van der Waals surface area contributed by atoms with E-state index in [9.17, 15) is 0 Å². The van der Waals surface area contributed by atoms with Gasteiger partial charge in [-0.3, -0.25) is 0 Å². The molecule has 15 heavy (non-hydrogen) atoms. The minimum atomic E-state index is 0.649. The first-order valence-electron chi connectivity index (χ1n) is 4.44. The summed E-state index contributed by atoms with van der Waals surface area (Å²) in [4.78, 5) is 0. The van der Waals surface area contributed by atoms with Crippen molar-refractivity contribution >= 4 is 34.0 Å². The molecule has 4 nitrogen and oxygen atoms in total. The molecule has 0 aliphatic heterocycles. The van der Waals surface area contributed by atoms with Crippen molar-refractivity contribution in [2.24, 2.45) is 0 Å². The van der Waals surface area contributed by atoms with E-state index < -0.39 is 0 Å². The Labute approximate surface area is 101 Å². The maximum atomic E-state index is 5.66. The number of hydrogen-bond acceptors (Lipinski definition) is 4. The number of benzene rings is 1. The van der Waals surface area contributed by atoms with Crippen LogP contribution in [0.2, 0.25) is 0 Å². The molecule has 1 aromatic carbocycles. The number of rotatable bonds is 3. The summed E-state index contributed by atoms with van der Waals surface area (Å²) in [6.45, 7) is 0.649. The molecule has 78 valence electrons. The normalized spacial score (nSPS) is 10.2. The molecule has 0 amide bonds. The van der Waals surface area contributed by atoms with Gasteiger partial charge in [0.2, 0.25) is 0 Å². The second-order valence-corrected chi connectivity index (χ2v) is 4.25. The van der Waals surface area contributed by atoms with Crippen molar-refractivity contribution in [2.45, 2.75) is 6.54 Å².